The van der Waals surface area contributed by atoms with Gasteiger partial charge in [0.05, 0.1) is 6.61 Å². The molecule has 1 aromatic rings. The molecular weight excluding hydrogens is 272 g/mol. The van der Waals surface area contributed by atoms with Crippen molar-refractivity contribution in [2.75, 3.05) is 11.9 Å². The van der Waals surface area contributed by atoms with E-state index in [-0.39, 0.29) is 11.3 Å². The van der Waals surface area contributed by atoms with E-state index >= 15 is 0 Å². The minimum atomic E-state index is -1.29. The van der Waals surface area contributed by atoms with Gasteiger partial charge in [-0.15, -0.1) is 0 Å². The van der Waals surface area contributed by atoms with Gasteiger partial charge in [0.25, 0.3) is 0 Å². The molecule has 0 bridgehead atoms. The van der Waals surface area contributed by atoms with Crippen molar-refractivity contribution in [1.82, 2.24) is 0 Å². The maximum atomic E-state index is 9.69. The lowest BCUT2D eigenvalue weighted by molar-refractivity contribution is -0.0152. The highest BCUT2D eigenvalue weighted by atomic mass is 16.4. The number of aliphatic hydroxyl groups is 3. The van der Waals surface area contributed by atoms with Crippen LogP contribution in [-0.4, -0.2) is 28.0 Å². The second kappa shape index (κ2) is 7.64. The number of nitrogens with one attached hydrogen (secondary N) is 1. The number of aliphatic hydroxyl groups excluding tert-OH is 3. The SMILES string of the molecule is N#CC(C#N)=C(C#N)Nc1ccc(C(O)C(O)CO)cc1. The summed E-state index contributed by atoms with van der Waals surface area (Å²) in [5, 5.41) is 56.7. The molecule has 0 saturated carbocycles. The van der Waals surface area contributed by atoms with Crippen molar-refractivity contribution < 1.29 is 15.3 Å². The van der Waals surface area contributed by atoms with Gasteiger partial charge in [0, 0.05) is 5.69 Å². The molecule has 0 spiro atoms. The molecule has 1 aromatic carbocycles. The van der Waals surface area contributed by atoms with Gasteiger partial charge in [-0.2, -0.15) is 15.8 Å². The van der Waals surface area contributed by atoms with E-state index in [1.807, 2.05) is 0 Å². The Labute approximate surface area is 121 Å². The van der Waals surface area contributed by atoms with Crippen molar-refractivity contribution in [3.05, 3.63) is 41.1 Å². The lowest BCUT2D eigenvalue weighted by Crippen LogP contribution is -2.21. The van der Waals surface area contributed by atoms with Crippen LogP contribution in [0.5, 0.6) is 0 Å². The van der Waals surface area contributed by atoms with Gasteiger partial charge >= 0.3 is 0 Å². The molecule has 7 heteroatoms. The van der Waals surface area contributed by atoms with Gasteiger partial charge in [-0.3, -0.25) is 0 Å². The van der Waals surface area contributed by atoms with Crippen LogP contribution in [-0.2, 0) is 0 Å². The number of nitriles is 3. The Morgan fingerprint density at radius 2 is 1.62 bits per heavy atom. The quantitative estimate of drug-likeness (QED) is 0.569. The van der Waals surface area contributed by atoms with Gasteiger partial charge in [0.15, 0.2) is 5.57 Å². The average Bonchev–Trinajstić information content (AvgIpc) is 2.54. The summed E-state index contributed by atoms with van der Waals surface area (Å²) in [4.78, 5) is 0. The summed E-state index contributed by atoms with van der Waals surface area (Å²) in [6, 6.07) is 10.9. The molecule has 1 rings (SSSR count). The second-order valence-corrected chi connectivity index (χ2v) is 4.03. The summed E-state index contributed by atoms with van der Waals surface area (Å²) in [7, 11) is 0. The summed E-state index contributed by atoms with van der Waals surface area (Å²) >= 11 is 0. The Bertz CT molecular complexity index is 631. The van der Waals surface area contributed by atoms with E-state index in [2.05, 4.69) is 5.32 Å². The molecule has 0 aliphatic rings. The molecule has 106 valence electrons. The van der Waals surface area contributed by atoms with Crippen LogP contribution in [0.4, 0.5) is 5.69 Å². The molecule has 0 fully saturated rings. The van der Waals surface area contributed by atoms with Crippen LogP contribution in [0.1, 0.15) is 11.7 Å². The zero-order chi connectivity index (χ0) is 15.8. The van der Waals surface area contributed by atoms with Crippen molar-refractivity contribution in [3.8, 4) is 18.2 Å². The first kappa shape index (κ1) is 16.2. The molecule has 0 saturated heterocycles. The molecule has 2 atom stereocenters. The highest BCUT2D eigenvalue weighted by Gasteiger charge is 2.17. The second-order valence-electron chi connectivity index (χ2n) is 4.03. The van der Waals surface area contributed by atoms with Crippen LogP contribution in [0.25, 0.3) is 0 Å². The van der Waals surface area contributed by atoms with E-state index < -0.39 is 18.8 Å². The Balaban J connectivity index is 2.95. The van der Waals surface area contributed by atoms with Gasteiger partial charge in [0.2, 0.25) is 0 Å². The van der Waals surface area contributed by atoms with Crippen molar-refractivity contribution in [3.63, 3.8) is 0 Å². The van der Waals surface area contributed by atoms with E-state index in [4.69, 9.17) is 20.9 Å². The smallest absolute Gasteiger partial charge is 0.163 e. The Morgan fingerprint density at radius 3 is 2.05 bits per heavy atom. The van der Waals surface area contributed by atoms with Crippen LogP contribution in [0.15, 0.2) is 35.5 Å². The number of anilines is 1. The normalized spacial score (nSPS) is 12.2. The summed E-state index contributed by atoms with van der Waals surface area (Å²) in [5.41, 5.74) is 0.301. The maximum Gasteiger partial charge on any atom is 0.163 e. The zero-order valence-corrected chi connectivity index (χ0v) is 10.9. The number of hydrogen-bond acceptors (Lipinski definition) is 7. The van der Waals surface area contributed by atoms with Gasteiger partial charge in [-0.1, -0.05) is 12.1 Å². The number of rotatable bonds is 5. The fourth-order valence-electron chi connectivity index (χ4n) is 1.51. The van der Waals surface area contributed by atoms with Crippen molar-refractivity contribution in [2.24, 2.45) is 0 Å². The average molecular weight is 284 g/mol. The highest BCUT2D eigenvalue weighted by Crippen LogP contribution is 2.20. The summed E-state index contributed by atoms with van der Waals surface area (Å²) in [6.45, 7) is -0.573. The fourth-order valence-corrected chi connectivity index (χ4v) is 1.51. The van der Waals surface area contributed by atoms with Crippen LogP contribution < -0.4 is 5.32 Å². The molecule has 0 amide bonds. The van der Waals surface area contributed by atoms with Gasteiger partial charge in [-0.25, -0.2) is 0 Å². The first-order valence-electron chi connectivity index (χ1n) is 5.86. The van der Waals surface area contributed by atoms with E-state index in [0.717, 1.165) is 0 Å². The fraction of sp³-hybridized carbons (Fsp3) is 0.214. The highest BCUT2D eigenvalue weighted by molar-refractivity contribution is 5.58. The molecule has 0 heterocycles. The molecule has 2 unspecified atom stereocenters. The van der Waals surface area contributed by atoms with E-state index in [1.165, 1.54) is 24.3 Å². The number of nitrogens with zero attached hydrogens (tertiary/aromatic N) is 3. The van der Waals surface area contributed by atoms with Crippen LogP contribution >= 0.6 is 0 Å². The molecule has 0 aromatic heterocycles. The third-order valence-electron chi connectivity index (χ3n) is 2.66. The monoisotopic (exact) mass is 284 g/mol. The maximum absolute atomic E-state index is 9.69. The number of allylic oxidation sites excluding steroid dienone is 2. The third kappa shape index (κ3) is 4.04. The largest absolute Gasteiger partial charge is 0.394 e. The van der Waals surface area contributed by atoms with Crippen molar-refractivity contribution in [2.45, 2.75) is 12.2 Å². The van der Waals surface area contributed by atoms with Crippen LogP contribution in [0, 0.1) is 34.0 Å². The molecule has 0 aliphatic carbocycles. The zero-order valence-electron chi connectivity index (χ0n) is 10.9. The Kier molecular flexibility index (Phi) is 5.88. The first-order valence-corrected chi connectivity index (χ1v) is 5.86. The van der Waals surface area contributed by atoms with Crippen molar-refractivity contribution in [1.29, 1.82) is 15.8 Å². The Morgan fingerprint density at radius 1 is 1.05 bits per heavy atom. The predicted molar refractivity (Wildman–Crippen MR) is 72.0 cm³/mol. The third-order valence-corrected chi connectivity index (χ3v) is 2.66. The molecular formula is C14H12N4O3. The molecule has 0 aliphatic heterocycles. The summed E-state index contributed by atoms with van der Waals surface area (Å²) in [5.74, 6) is 0. The first-order chi connectivity index (χ1) is 10.1. The Hall–Kier alpha value is -2.89. The van der Waals surface area contributed by atoms with E-state index in [1.54, 1.807) is 18.2 Å². The lowest BCUT2D eigenvalue weighted by atomic mass is 10.0. The predicted octanol–water partition coefficient (Wildman–Crippen LogP) is 0.310. The number of benzene rings is 1. The molecule has 7 nitrogen and oxygen atoms in total. The summed E-state index contributed by atoms with van der Waals surface area (Å²) < 4.78 is 0. The van der Waals surface area contributed by atoms with Crippen LogP contribution in [0.3, 0.4) is 0 Å². The van der Waals surface area contributed by atoms with Crippen LogP contribution in [0.2, 0.25) is 0 Å². The summed E-state index contributed by atoms with van der Waals surface area (Å²) in [6.07, 6.45) is -2.52. The van der Waals surface area contributed by atoms with Gasteiger partial charge in [-0.05, 0) is 17.7 Å². The lowest BCUT2D eigenvalue weighted by Gasteiger charge is -2.16. The minimum Gasteiger partial charge on any atom is -0.394 e. The van der Waals surface area contributed by atoms with E-state index in [0.29, 0.717) is 11.3 Å². The minimum absolute atomic E-state index is 0.177. The topological polar surface area (TPSA) is 144 Å². The molecule has 4 N–H and O–H groups in total. The molecule has 21 heavy (non-hydrogen) atoms. The standard InChI is InChI=1S/C14H12N4O3/c15-5-10(6-16)12(7-17)18-11-3-1-9(2-4-11)14(21)13(20)8-19/h1-4,13-14,18-21H,8H2. The molecule has 0 radical (unpaired) electrons. The van der Waals surface area contributed by atoms with E-state index in [9.17, 15) is 10.2 Å². The van der Waals surface area contributed by atoms with Gasteiger partial charge in [0.1, 0.15) is 36.1 Å². The van der Waals surface area contributed by atoms with Crippen molar-refractivity contribution >= 4 is 5.69 Å². The van der Waals surface area contributed by atoms with Gasteiger partial charge < -0.3 is 20.6 Å². The number of hydrogen-bond donors (Lipinski definition) is 4.